The first-order valence-corrected chi connectivity index (χ1v) is 7.57. The number of hydrogen-bond donors (Lipinski definition) is 0. The monoisotopic (exact) mass is 306 g/mol. The van der Waals surface area contributed by atoms with Crippen molar-refractivity contribution in [1.82, 2.24) is 9.88 Å². The molecular formula is C15H19BrN2. The van der Waals surface area contributed by atoms with E-state index in [9.17, 15) is 0 Å². The van der Waals surface area contributed by atoms with Gasteiger partial charge in [0.15, 0.2) is 0 Å². The van der Waals surface area contributed by atoms with Crippen LogP contribution in [0.3, 0.4) is 0 Å². The van der Waals surface area contributed by atoms with Gasteiger partial charge in [-0.15, -0.1) is 0 Å². The molecule has 1 aromatic heterocycles. The zero-order chi connectivity index (χ0) is 12.8. The molecule has 0 N–H and O–H groups in total. The molecule has 0 radical (unpaired) electrons. The Morgan fingerprint density at radius 2 is 2.11 bits per heavy atom. The normalized spacial score (nSPS) is 11.3. The molecule has 2 aromatic rings. The second-order valence-electron chi connectivity index (χ2n) is 4.45. The van der Waals surface area contributed by atoms with Crippen LogP contribution in [0.1, 0.15) is 18.9 Å². The van der Waals surface area contributed by atoms with E-state index < -0.39 is 0 Å². The maximum absolute atomic E-state index is 4.51. The molecule has 3 heteroatoms. The molecule has 0 fully saturated rings. The van der Waals surface area contributed by atoms with E-state index in [0.717, 1.165) is 30.5 Å². The number of hydrogen-bond acceptors (Lipinski definition) is 2. The third-order valence-electron chi connectivity index (χ3n) is 3.11. The van der Waals surface area contributed by atoms with Crippen molar-refractivity contribution >= 4 is 26.8 Å². The first-order chi connectivity index (χ1) is 8.83. The summed E-state index contributed by atoms with van der Waals surface area (Å²) in [5.74, 6) is 0. The van der Waals surface area contributed by atoms with Crippen LogP contribution < -0.4 is 0 Å². The Kier molecular flexibility index (Phi) is 5.14. The molecular weight excluding hydrogens is 288 g/mol. The molecule has 2 nitrogen and oxygen atoms in total. The van der Waals surface area contributed by atoms with Crippen molar-refractivity contribution in [3.63, 3.8) is 0 Å². The van der Waals surface area contributed by atoms with Crippen LogP contribution in [0.2, 0.25) is 0 Å². The van der Waals surface area contributed by atoms with E-state index in [1.54, 1.807) is 0 Å². The van der Waals surface area contributed by atoms with Gasteiger partial charge in [-0.3, -0.25) is 9.88 Å². The van der Waals surface area contributed by atoms with Gasteiger partial charge in [-0.25, -0.2) is 0 Å². The van der Waals surface area contributed by atoms with Gasteiger partial charge in [0.1, 0.15) is 0 Å². The van der Waals surface area contributed by atoms with E-state index in [1.807, 2.05) is 12.3 Å². The first kappa shape index (κ1) is 13.5. The summed E-state index contributed by atoms with van der Waals surface area (Å²) in [5.41, 5.74) is 2.37. The minimum atomic E-state index is 0.987. The quantitative estimate of drug-likeness (QED) is 0.754. The summed E-state index contributed by atoms with van der Waals surface area (Å²) < 4.78 is 0. The van der Waals surface area contributed by atoms with Crippen molar-refractivity contribution < 1.29 is 0 Å². The molecule has 96 valence electrons. The highest BCUT2D eigenvalue weighted by Crippen LogP contribution is 2.14. The van der Waals surface area contributed by atoms with Crippen LogP contribution in [0, 0.1) is 0 Å². The minimum Gasteiger partial charge on any atom is -0.299 e. The molecule has 0 unspecified atom stereocenters. The van der Waals surface area contributed by atoms with Crippen molar-refractivity contribution in [2.24, 2.45) is 0 Å². The summed E-state index contributed by atoms with van der Waals surface area (Å²) in [5, 5.41) is 2.30. The van der Waals surface area contributed by atoms with E-state index in [1.165, 1.54) is 17.4 Å². The number of pyridine rings is 1. The molecule has 0 aliphatic heterocycles. The fraction of sp³-hybridized carbons (Fsp3) is 0.400. The van der Waals surface area contributed by atoms with Crippen LogP contribution in [0.4, 0.5) is 0 Å². The van der Waals surface area contributed by atoms with Gasteiger partial charge in [-0.2, -0.15) is 0 Å². The average molecular weight is 307 g/mol. The topological polar surface area (TPSA) is 16.1 Å². The third-order valence-corrected chi connectivity index (χ3v) is 3.67. The summed E-state index contributed by atoms with van der Waals surface area (Å²) in [6.07, 6.45) is 3.19. The van der Waals surface area contributed by atoms with Crippen LogP contribution in [0.5, 0.6) is 0 Å². The van der Waals surface area contributed by atoms with Crippen LogP contribution >= 0.6 is 15.9 Å². The van der Waals surface area contributed by atoms with Gasteiger partial charge in [0.05, 0.1) is 5.52 Å². The number of fused-ring (bicyclic) bond motifs is 1. The number of nitrogens with zero attached hydrogens (tertiary/aromatic N) is 2. The van der Waals surface area contributed by atoms with Crippen LogP contribution in [0.15, 0.2) is 36.5 Å². The van der Waals surface area contributed by atoms with Crippen molar-refractivity contribution in [2.75, 3.05) is 18.4 Å². The number of para-hydroxylation sites is 1. The zero-order valence-corrected chi connectivity index (χ0v) is 12.4. The molecule has 2 rings (SSSR count). The Hall–Kier alpha value is -0.930. The van der Waals surface area contributed by atoms with Gasteiger partial charge in [-0.05, 0) is 37.2 Å². The highest BCUT2D eigenvalue weighted by Gasteiger charge is 2.04. The van der Waals surface area contributed by atoms with Crippen molar-refractivity contribution in [3.8, 4) is 0 Å². The Labute approximate surface area is 117 Å². The van der Waals surface area contributed by atoms with Crippen molar-refractivity contribution in [1.29, 1.82) is 0 Å². The fourth-order valence-electron chi connectivity index (χ4n) is 2.09. The van der Waals surface area contributed by atoms with Crippen molar-refractivity contribution in [2.45, 2.75) is 19.9 Å². The second-order valence-corrected chi connectivity index (χ2v) is 5.24. The maximum Gasteiger partial charge on any atom is 0.0702 e. The Morgan fingerprint density at radius 1 is 1.28 bits per heavy atom. The predicted molar refractivity (Wildman–Crippen MR) is 81.1 cm³/mol. The van der Waals surface area contributed by atoms with E-state index >= 15 is 0 Å². The SMILES string of the molecule is CCN(CCCBr)Cc1cnc2ccccc2c1. The lowest BCUT2D eigenvalue weighted by atomic mass is 10.1. The number of halogens is 1. The average Bonchev–Trinajstić information content (AvgIpc) is 2.43. The molecule has 1 heterocycles. The van der Waals surface area contributed by atoms with E-state index in [4.69, 9.17) is 0 Å². The summed E-state index contributed by atoms with van der Waals surface area (Å²) in [4.78, 5) is 6.96. The minimum absolute atomic E-state index is 0.987. The predicted octanol–water partition coefficient (Wildman–Crippen LogP) is 3.84. The van der Waals surface area contributed by atoms with Crippen LogP contribution in [0.25, 0.3) is 10.9 Å². The number of rotatable bonds is 6. The summed E-state index contributed by atoms with van der Waals surface area (Å²) in [6, 6.07) is 10.5. The van der Waals surface area contributed by atoms with Crippen molar-refractivity contribution in [3.05, 3.63) is 42.1 Å². The standard InChI is InChI=1S/C15H19BrN2/c1-2-18(9-5-8-16)12-13-10-14-6-3-4-7-15(14)17-11-13/h3-4,6-7,10-11H,2,5,8-9,12H2,1H3. The second kappa shape index (κ2) is 6.86. The number of benzene rings is 1. The fourth-order valence-corrected chi connectivity index (χ4v) is 2.34. The van der Waals surface area contributed by atoms with Gasteiger partial charge in [-0.1, -0.05) is 41.1 Å². The molecule has 0 saturated heterocycles. The lowest BCUT2D eigenvalue weighted by Crippen LogP contribution is -2.24. The van der Waals surface area contributed by atoms with Crippen LogP contribution in [-0.2, 0) is 6.54 Å². The first-order valence-electron chi connectivity index (χ1n) is 6.45. The molecule has 0 aliphatic rings. The van der Waals surface area contributed by atoms with E-state index in [2.05, 4.69) is 57.0 Å². The largest absolute Gasteiger partial charge is 0.299 e. The molecule has 0 atom stereocenters. The Balaban J connectivity index is 2.10. The van der Waals surface area contributed by atoms with E-state index in [-0.39, 0.29) is 0 Å². The van der Waals surface area contributed by atoms with E-state index in [0.29, 0.717) is 0 Å². The molecule has 0 aliphatic carbocycles. The van der Waals surface area contributed by atoms with Gasteiger partial charge < -0.3 is 0 Å². The van der Waals surface area contributed by atoms with Gasteiger partial charge in [0, 0.05) is 23.5 Å². The number of alkyl halides is 1. The van der Waals surface area contributed by atoms with Crippen LogP contribution in [-0.4, -0.2) is 28.3 Å². The van der Waals surface area contributed by atoms with Gasteiger partial charge in [0.25, 0.3) is 0 Å². The number of aromatic nitrogens is 1. The van der Waals surface area contributed by atoms with Gasteiger partial charge in [0.2, 0.25) is 0 Å². The molecule has 0 spiro atoms. The molecule has 0 bridgehead atoms. The summed E-state index contributed by atoms with van der Waals surface area (Å²) >= 11 is 3.49. The lowest BCUT2D eigenvalue weighted by Gasteiger charge is -2.19. The van der Waals surface area contributed by atoms with Gasteiger partial charge >= 0.3 is 0 Å². The summed E-state index contributed by atoms with van der Waals surface area (Å²) in [6.45, 7) is 5.42. The zero-order valence-electron chi connectivity index (χ0n) is 10.8. The molecule has 0 amide bonds. The maximum atomic E-state index is 4.51. The lowest BCUT2D eigenvalue weighted by molar-refractivity contribution is 0.281. The Morgan fingerprint density at radius 3 is 2.89 bits per heavy atom. The third kappa shape index (κ3) is 3.53. The highest BCUT2D eigenvalue weighted by atomic mass is 79.9. The Bertz CT molecular complexity index is 499. The molecule has 18 heavy (non-hydrogen) atoms. The summed E-state index contributed by atoms with van der Waals surface area (Å²) in [7, 11) is 0. The smallest absolute Gasteiger partial charge is 0.0702 e. The highest BCUT2D eigenvalue weighted by molar-refractivity contribution is 9.09. The molecule has 0 saturated carbocycles. The molecule has 1 aromatic carbocycles.